The predicted molar refractivity (Wildman–Crippen MR) is 86.8 cm³/mol. The number of ether oxygens (including phenoxy) is 2. The average molecular weight is 362 g/mol. The monoisotopic (exact) mass is 361 g/mol. The molecule has 0 saturated heterocycles. The van der Waals surface area contributed by atoms with Gasteiger partial charge in [0.25, 0.3) is 10.0 Å². The summed E-state index contributed by atoms with van der Waals surface area (Å²) in [5.74, 6) is 0.920. The molecule has 0 aliphatic rings. The van der Waals surface area contributed by atoms with Gasteiger partial charge in [0.1, 0.15) is 16.4 Å². The van der Waals surface area contributed by atoms with E-state index < -0.39 is 10.0 Å². The van der Waals surface area contributed by atoms with Crippen LogP contribution in [-0.2, 0) is 10.0 Å². The minimum absolute atomic E-state index is 0.0160. The van der Waals surface area contributed by atoms with Crippen molar-refractivity contribution >= 4 is 38.9 Å². The van der Waals surface area contributed by atoms with E-state index in [1.165, 1.54) is 26.4 Å². The second-order valence-electron chi connectivity index (χ2n) is 4.25. The Morgan fingerprint density at radius 2 is 1.59 bits per heavy atom. The zero-order valence-electron chi connectivity index (χ0n) is 11.8. The lowest BCUT2D eigenvalue weighted by molar-refractivity contribution is 0.414. The highest BCUT2D eigenvalue weighted by atomic mass is 35.5. The third-order valence-electron chi connectivity index (χ3n) is 2.84. The topological polar surface area (TPSA) is 64.6 Å². The summed E-state index contributed by atoms with van der Waals surface area (Å²) in [5.41, 5.74) is 0.379. The van der Waals surface area contributed by atoms with Crippen LogP contribution in [0.25, 0.3) is 0 Å². The van der Waals surface area contributed by atoms with Gasteiger partial charge in [-0.2, -0.15) is 0 Å². The molecule has 0 amide bonds. The van der Waals surface area contributed by atoms with E-state index in [1.807, 2.05) is 0 Å². The second-order valence-corrected chi connectivity index (χ2v) is 6.72. The van der Waals surface area contributed by atoms with Gasteiger partial charge >= 0.3 is 0 Å². The maximum atomic E-state index is 12.4. The van der Waals surface area contributed by atoms with Crippen molar-refractivity contribution in [2.75, 3.05) is 18.9 Å². The number of sulfonamides is 1. The first-order valence-electron chi connectivity index (χ1n) is 6.07. The molecule has 0 aromatic heterocycles. The Morgan fingerprint density at radius 1 is 0.955 bits per heavy atom. The van der Waals surface area contributed by atoms with Gasteiger partial charge in [-0.05, 0) is 30.3 Å². The van der Waals surface area contributed by atoms with Gasteiger partial charge < -0.3 is 9.47 Å². The van der Waals surface area contributed by atoms with Crippen molar-refractivity contribution in [3.8, 4) is 11.5 Å². The van der Waals surface area contributed by atoms with Crippen LogP contribution in [0.3, 0.4) is 0 Å². The van der Waals surface area contributed by atoms with E-state index in [2.05, 4.69) is 4.72 Å². The van der Waals surface area contributed by atoms with Gasteiger partial charge in [-0.25, -0.2) is 8.42 Å². The first kappa shape index (κ1) is 16.7. The fraction of sp³-hybridized carbons (Fsp3) is 0.143. The Bertz CT molecular complexity index is 776. The third kappa shape index (κ3) is 3.58. The molecule has 5 nitrogen and oxygen atoms in total. The number of benzene rings is 2. The molecule has 2 aromatic rings. The summed E-state index contributed by atoms with van der Waals surface area (Å²) < 4.78 is 37.2. The molecule has 1 N–H and O–H groups in total. The van der Waals surface area contributed by atoms with Crippen LogP contribution in [-0.4, -0.2) is 22.6 Å². The van der Waals surface area contributed by atoms with E-state index in [1.54, 1.807) is 24.3 Å². The van der Waals surface area contributed by atoms with E-state index in [0.29, 0.717) is 17.2 Å². The van der Waals surface area contributed by atoms with Crippen LogP contribution in [0, 0.1) is 0 Å². The number of hydrogen-bond donors (Lipinski definition) is 1. The van der Waals surface area contributed by atoms with Crippen molar-refractivity contribution in [2.45, 2.75) is 4.90 Å². The zero-order valence-corrected chi connectivity index (χ0v) is 14.1. The van der Waals surface area contributed by atoms with Crippen molar-refractivity contribution in [1.29, 1.82) is 0 Å². The number of halogens is 2. The molecule has 0 atom stereocenters. The van der Waals surface area contributed by atoms with Crippen LogP contribution in [0.15, 0.2) is 41.3 Å². The van der Waals surface area contributed by atoms with E-state index in [-0.39, 0.29) is 14.9 Å². The molecule has 2 rings (SSSR count). The Labute approximate surface area is 138 Å². The Morgan fingerprint density at radius 3 is 2.14 bits per heavy atom. The lowest BCUT2D eigenvalue weighted by Crippen LogP contribution is -2.13. The van der Waals surface area contributed by atoms with Crippen molar-refractivity contribution in [3.05, 3.63) is 46.4 Å². The molecule has 0 radical (unpaired) electrons. The minimum Gasteiger partial charge on any atom is -0.497 e. The predicted octanol–water partition coefficient (Wildman–Crippen LogP) is 3.81. The summed E-state index contributed by atoms with van der Waals surface area (Å²) in [6, 6.07) is 9.03. The summed E-state index contributed by atoms with van der Waals surface area (Å²) >= 11 is 12.0. The lowest BCUT2D eigenvalue weighted by atomic mass is 10.3. The fourth-order valence-corrected chi connectivity index (χ4v) is 3.65. The van der Waals surface area contributed by atoms with Gasteiger partial charge in [0.05, 0.1) is 24.3 Å². The molecular weight excluding hydrogens is 349 g/mol. The van der Waals surface area contributed by atoms with Crippen LogP contribution >= 0.6 is 23.2 Å². The molecular formula is C14H13Cl2NO4S. The van der Waals surface area contributed by atoms with Crippen LogP contribution in [0.2, 0.25) is 10.0 Å². The van der Waals surface area contributed by atoms with Gasteiger partial charge in [-0.1, -0.05) is 23.2 Å². The molecule has 0 aliphatic carbocycles. The Hall–Kier alpha value is -1.63. The quantitative estimate of drug-likeness (QED) is 0.879. The minimum atomic E-state index is -3.87. The van der Waals surface area contributed by atoms with Crippen LogP contribution < -0.4 is 14.2 Å². The van der Waals surface area contributed by atoms with Gasteiger partial charge in [0, 0.05) is 11.8 Å². The summed E-state index contributed by atoms with van der Waals surface area (Å²) in [6.07, 6.45) is 0. The molecule has 0 saturated carbocycles. The lowest BCUT2D eigenvalue weighted by Gasteiger charge is -2.12. The van der Waals surface area contributed by atoms with E-state index in [9.17, 15) is 8.42 Å². The van der Waals surface area contributed by atoms with Crippen LogP contribution in [0.5, 0.6) is 11.5 Å². The molecule has 0 aliphatic heterocycles. The maximum absolute atomic E-state index is 12.4. The third-order valence-corrected chi connectivity index (χ3v) is 4.98. The van der Waals surface area contributed by atoms with E-state index >= 15 is 0 Å². The highest BCUT2D eigenvalue weighted by Crippen LogP contribution is 2.34. The number of methoxy groups -OCH3 is 2. The highest BCUT2D eigenvalue weighted by molar-refractivity contribution is 7.92. The smallest absolute Gasteiger partial charge is 0.263 e. The summed E-state index contributed by atoms with van der Waals surface area (Å²) in [5, 5.41) is 0.171. The SMILES string of the molecule is COc1ccc(NS(=O)(=O)c2cc(Cl)c(OC)cc2Cl)cc1. The maximum Gasteiger partial charge on any atom is 0.263 e. The standard InChI is InChI=1S/C14H13Cl2NO4S/c1-20-10-5-3-9(4-6-10)17-22(18,19)14-8-11(15)13(21-2)7-12(14)16/h3-8,17H,1-2H3. The van der Waals surface area contributed by atoms with Crippen molar-refractivity contribution in [3.63, 3.8) is 0 Å². The van der Waals surface area contributed by atoms with E-state index in [4.69, 9.17) is 32.7 Å². The average Bonchev–Trinajstić information content (AvgIpc) is 2.49. The summed E-state index contributed by atoms with van der Waals surface area (Å²) in [6.45, 7) is 0. The second kappa shape index (κ2) is 6.64. The molecule has 118 valence electrons. The van der Waals surface area contributed by atoms with Crippen molar-refractivity contribution in [1.82, 2.24) is 0 Å². The van der Waals surface area contributed by atoms with Crippen LogP contribution in [0.4, 0.5) is 5.69 Å². The molecule has 0 spiro atoms. The molecule has 0 heterocycles. The van der Waals surface area contributed by atoms with Crippen LogP contribution in [0.1, 0.15) is 0 Å². The number of nitrogens with one attached hydrogen (secondary N) is 1. The zero-order chi connectivity index (χ0) is 16.3. The van der Waals surface area contributed by atoms with Gasteiger partial charge in [0.15, 0.2) is 0 Å². The van der Waals surface area contributed by atoms with Gasteiger partial charge in [-0.15, -0.1) is 0 Å². The number of anilines is 1. The first-order valence-corrected chi connectivity index (χ1v) is 8.31. The van der Waals surface area contributed by atoms with Crippen molar-refractivity contribution in [2.24, 2.45) is 0 Å². The normalized spacial score (nSPS) is 11.1. The molecule has 22 heavy (non-hydrogen) atoms. The summed E-state index contributed by atoms with van der Waals surface area (Å²) in [4.78, 5) is -0.129. The Kier molecular flexibility index (Phi) is 5.05. The molecule has 0 unspecified atom stereocenters. The van der Waals surface area contributed by atoms with Gasteiger partial charge in [0.2, 0.25) is 0 Å². The fourth-order valence-electron chi connectivity index (χ4n) is 1.74. The van der Waals surface area contributed by atoms with Gasteiger partial charge in [-0.3, -0.25) is 4.72 Å². The number of hydrogen-bond acceptors (Lipinski definition) is 4. The highest BCUT2D eigenvalue weighted by Gasteiger charge is 2.20. The first-order chi connectivity index (χ1) is 10.4. The molecule has 0 fully saturated rings. The number of rotatable bonds is 5. The van der Waals surface area contributed by atoms with Crippen molar-refractivity contribution < 1.29 is 17.9 Å². The Balaban J connectivity index is 2.35. The molecule has 8 heteroatoms. The molecule has 2 aromatic carbocycles. The summed E-state index contributed by atoms with van der Waals surface area (Å²) in [7, 11) is -0.930. The largest absolute Gasteiger partial charge is 0.497 e. The van der Waals surface area contributed by atoms with E-state index in [0.717, 1.165) is 0 Å². The molecule has 0 bridgehead atoms.